The molecule has 1 saturated carbocycles. The number of hydrogen-bond acceptors (Lipinski definition) is 5. The van der Waals surface area contributed by atoms with Crippen molar-refractivity contribution in [3.8, 4) is 11.8 Å². The molecule has 0 atom stereocenters. The predicted molar refractivity (Wildman–Crippen MR) is 119 cm³/mol. The Bertz CT molecular complexity index is 1470. The summed E-state index contributed by atoms with van der Waals surface area (Å²) in [6.07, 6.45) is -0.983. The number of fused-ring (bicyclic) bond motifs is 4. The van der Waals surface area contributed by atoms with E-state index in [4.69, 9.17) is 10.7 Å². The van der Waals surface area contributed by atoms with Crippen molar-refractivity contribution in [2.75, 3.05) is 17.2 Å². The van der Waals surface area contributed by atoms with Crippen LogP contribution in [0.1, 0.15) is 30.4 Å². The molecular weight excluding hydrogens is 429 g/mol. The van der Waals surface area contributed by atoms with Gasteiger partial charge >= 0.3 is 6.18 Å². The summed E-state index contributed by atoms with van der Waals surface area (Å²) in [6.45, 7) is 0.715. The molecule has 6 nitrogen and oxygen atoms in total. The number of halogens is 3. The van der Waals surface area contributed by atoms with Gasteiger partial charge in [-0.25, -0.2) is 0 Å². The quantitative estimate of drug-likeness (QED) is 0.339. The molecule has 0 saturated heterocycles. The summed E-state index contributed by atoms with van der Waals surface area (Å²) in [5.41, 5.74) is 8.13. The Labute approximate surface area is 187 Å². The van der Waals surface area contributed by atoms with Crippen LogP contribution in [-0.4, -0.2) is 32.3 Å². The normalized spacial score (nSPS) is 17.0. The molecule has 2 aliphatic rings. The summed E-state index contributed by atoms with van der Waals surface area (Å²) in [7, 11) is 0. The fraction of sp³-hybridized carbons (Fsp3) is 0.292. The summed E-state index contributed by atoms with van der Waals surface area (Å²) in [4.78, 5) is 6.85. The molecule has 2 aromatic carbocycles. The zero-order valence-electron chi connectivity index (χ0n) is 17.5. The Morgan fingerprint density at radius 2 is 1.97 bits per heavy atom. The van der Waals surface area contributed by atoms with Crippen molar-refractivity contribution < 1.29 is 13.2 Å². The molecule has 2 N–H and O–H groups in total. The third kappa shape index (κ3) is 3.09. The fourth-order valence-electron chi connectivity index (χ4n) is 4.53. The molecule has 33 heavy (non-hydrogen) atoms. The van der Waals surface area contributed by atoms with Crippen LogP contribution in [0.2, 0.25) is 0 Å². The van der Waals surface area contributed by atoms with Crippen LogP contribution in [0.5, 0.6) is 0 Å². The molecule has 166 valence electrons. The molecule has 1 aliphatic heterocycles. The van der Waals surface area contributed by atoms with E-state index in [9.17, 15) is 13.2 Å². The molecule has 4 aromatic rings. The summed E-state index contributed by atoms with van der Waals surface area (Å²) < 4.78 is 41.9. The van der Waals surface area contributed by atoms with Gasteiger partial charge < -0.3 is 10.6 Å². The third-order valence-electron chi connectivity index (χ3n) is 6.49. The van der Waals surface area contributed by atoms with E-state index in [2.05, 4.69) is 26.9 Å². The van der Waals surface area contributed by atoms with Crippen LogP contribution < -0.4 is 10.6 Å². The van der Waals surface area contributed by atoms with E-state index >= 15 is 0 Å². The maximum Gasteiger partial charge on any atom is 0.405 e. The lowest BCUT2D eigenvalue weighted by Crippen LogP contribution is -2.26. The second-order valence-electron chi connectivity index (χ2n) is 8.60. The van der Waals surface area contributed by atoms with Gasteiger partial charge in [-0.1, -0.05) is 17.9 Å². The van der Waals surface area contributed by atoms with Crippen molar-refractivity contribution in [2.24, 2.45) is 5.41 Å². The second kappa shape index (κ2) is 6.85. The maximum atomic E-state index is 13.4. The Hall–Kier alpha value is -3.80. The molecule has 3 heterocycles. The smallest absolute Gasteiger partial charge is 0.399 e. The van der Waals surface area contributed by atoms with Crippen LogP contribution in [0, 0.1) is 17.3 Å². The van der Waals surface area contributed by atoms with Crippen molar-refractivity contribution in [3.63, 3.8) is 0 Å². The van der Waals surface area contributed by atoms with Gasteiger partial charge in [0, 0.05) is 28.9 Å². The first-order chi connectivity index (χ1) is 15.9. The predicted octanol–water partition coefficient (Wildman–Crippen LogP) is 4.64. The number of nitrogens with zero attached hydrogens (tertiary/aromatic N) is 5. The first kappa shape index (κ1) is 19.9. The Balaban J connectivity index is 1.49. The number of rotatable bonds is 1. The Morgan fingerprint density at radius 1 is 1.12 bits per heavy atom. The van der Waals surface area contributed by atoms with E-state index in [1.54, 1.807) is 16.8 Å². The van der Waals surface area contributed by atoms with Gasteiger partial charge in [0.25, 0.3) is 5.78 Å². The highest BCUT2D eigenvalue weighted by molar-refractivity contribution is 5.95. The molecule has 0 radical (unpaired) electrons. The van der Waals surface area contributed by atoms with Gasteiger partial charge in [-0.15, -0.1) is 10.2 Å². The first-order valence-corrected chi connectivity index (χ1v) is 10.7. The van der Waals surface area contributed by atoms with Gasteiger partial charge in [-0.05, 0) is 61.6 Å². The van der Waals surface area contributed by atoms with Crippen LogP contribution >= 0.6 is 0 Å². The topological polar surface area (TPSA) is 72.3 Å². The van der Waals surface area contributed by atoms with Gasteiger partial charge in [0.05, 0.1) is 5.52 Å². The van der Waals surface area contributed by atoms with Crippen molar-refractivity contribution in [2.45, 2.75) is 31.9 Å². The van der Waals surface area contributed by atoms with Crippen LogP contribution in [0.4, 0.5) is 30.4 Å². The van der Waals surface area contributed by atoms with E-state index in [-0.39, 0.29) is 12.8 Å². The van der Waals surface area contributed by atoms with Gasteiger partial charge in [-0.3, -0.25) is 4.40 Å². The lowest BCUT2D eigenvalue weighted by Gasteiger charge is -2.32. The number of nitrogen functional groups attached to an aromatic ring is 1. The molecule has 9 heteroatoms. The van der Waals surface area contributed by atoms with Crippen molar-refractivity contribution in [1.82, 2.24) is 19.6 Å². The van der Waals surface area contributed by atoms with Crippen molar-refractivity contribution >= 4 is 33.9 Å². The standard InChI is InChI=1S/C24H19F3N6/c25-24(26,27)23(10-11-23)9-8-15-3-1-5-19-17(15)4-2-12-32(19)21-18-7-6-16(28)13-20(18)33-14-29-31-22(33)30-21/h1,3,5-7,13-14H,2,4,10-12,28H2. The minimum Gasteiger partial charge on any atom is -0.399 e. The van der Waals surface area contributed by atoms with Gasteiger partial charge in [0.15, 0.2) is 0 Å². The van der Waals surface area contributed by atoms with Crippen molar-refractivity contribution in [1.29, 1.82) is 0 Å². The molecule has 1 fully saturated rings. The minimum atomic E-state index is -4.29. The number of alkyl halides is 3. The Kier molecular flexibility index (Phi) is 4.12. The van der Waals surface area contributed by atoms with Gasteiger partial charge in [0.2, 0.25) is 0 Å². The van der Waals surface area contributed by atoms with E-state index in [1.165, 1.54) is 0 Å². The molecule has 0 amide bonds. The van der Waals surface area contributed by atoms with E-state index < -0.39 is 11.6 Å². The molecule has 0 spiro atoms. The molecule has 6 rings (SSSR count). The minimum absolute atomic E-state index is 0.0715. The first-order valence-electron chi connectivity index (χ1n) is 10.7. The van der Waals surface area contributed by atoms with Gasteiger partial charge in [0.1, 0.15) is 17.6 Å². The summed E-state index contributed by atoms with van der Waals surface area (Å²) in [5, 5.41) is 8.98. The van der Waals surface area contributed by atoms with Crippen molar-refractivity contribution in [3.05, 3.63) is 53.9 Å². The van der Waals surface area contributed by atoms with E-state index in [0.29, 0.717) is 29.4 Å². The summed E-state index contributed by atoms with van der Waals surface area (Å²) in [6, 6.07) is 11.2. The number of nitrogens with two attached hydrogens (primary N) is 1. The largest absolute Gasteiger partial charge is 0.405 e. The molecule has 0 unspecified atom stereocenters. The molecule has 2 aromatic heterocycles. The van der Waals surface area contributed by atoms with Crippen LogP contribution in [0.15, 0.2) is 42.7 Å². The fourth-order valence-corrected chi connectivity index (χ4v) is 4.53. The highest BCUT2D eigenvalue weighted by Crippen LogP contribution is 2.57. The Morgan fingerprint density at radius 3 is 2.76 bits per heavy atom. The average Bonchev–Trinajstić information content (AvgIpc) is 3.46. The van der Waals surface area contributed by atoms with Crippen LogP contribution in [0.3, 0.4) is 0 Å². The van der Waals surface area contributed by atoms with Crippen LogP contribution in [0.25, 0.3) is 16.7 Å². The number of anilines is 3. The maximum absolute atomic E-state index is 13.4. The third-order valence-corrected chi connectivity index (χ3v) is 6.49. The number of benzene rings is 2. The molecule has 0 bridgehead atoms. The van der Waals surface area contributed by atoms with E-state index in [0.717, 1.165) is 35.0 Å². The lowest BCUT2D eigenvalue weighted by atomic mass is 9.95. The number of aromatic nitrogens is 4. The molecule has 1 aliphatic carbocycles. The number of hydrogen-bond donors (Lipinski definition) is 1. The summed E-state index contributed by atoms with van der Waals surface area (Å²) in [5.74, 6) is 6.57. The van der Waals surface area contributed by atoms with E-state index in [1.807, 2.05) is 30.3 Å². The van der Waals surface area contributed by atoms with Crippen LogP contribution in [-0.2, 0) is 6.42 Å². The second-order valence-corrected chi connectivity index (χ2v) is 8.60. The van der Waals surface area contributed by atoms with Gasteiger partial charge in [-0.2, -0.15) is 18.2 Å². The lowest BCUT2D eigenvalue weighted by molar-refractivity contribution is -0.168. The zero-order valence-corrected chi connectivity index (χ0v) is 17.5. The molecular formula is C24H19F3N6. The zero-order chi connectivity index (χ0) is 22.8. The monoisotopic (exact) mass is 448 g/mol. The highest BCUT2D eigenvalue weighted by atomic mass is 19.4. The average molecular weight is 448 g/mol. The highest BCUT2D eigenvalue weighted by Gasteiger charge is 2.62. The SMILES string of the molecule is Nc1ccc2c(N3CCCc4c(C#CC5(C(F)(F)F)CC5)cccc43)nc3nncn3c2c1. The summed E-state index contributed by atoms with van der Waals surface area (Å²) >= 11 is 0.